The number of esters is 2. The van der Waals surface area contributed by atoms with Gasteiger partial charge in [0.05, 0.1) is 6.61 Å². The second-order valence-corrected chi connectivity index (χ2v) is 23.6. The molecule has 1 unspecified atom stereocenters. The lowest BCUT2D eigenvalue weighted by atomic mass is 10.0. The Morgan fingerprint density at radius 3 is 0.789 bits per heavy atom. The van der Waals surface area contributed by atoms with E-state index in [0.717, 1.165) is 38.5 Å². The Morgan fingerprint density at radius 1 is 0.303 bits per heavy atom. The molecule has 0 saturated heterocycles. The molecular formula is C71H134O5. The minimum Gasteiger partial charge on any atom is -0.462 e. The quantitative estimate of drug-likeness (QED) is 0.0373. The van der Waals surface area contributed by atoms with E-state index >= 15 is 0 Å². The number of ether oxygens (including phenoxy) is 2. The summed E-state index contributed by atoms with van der Waals surface area (Å²) in [6.07, 6.45) is 89.0. The minimum atomic E-state index is -0.770. The molecule has 0 aromatic heterocycles. The van der Waals surface area contributed by atoms with Crippen molar-refractivity contribution in [2.45, 2.75) is 392 Å². The van der Waals surface area contributed by atoms with Gasteiger partial charge in [-0.05, 0) is 70.6 Å². The highest BCUT2D eigenvalue weighted by Gasteiger charge is 2.16. The van der Waals surface area contributed by atoms with Crippen LogP contribution in [0.2, 0.25) is 0 Å². The maximum absolute atomic E-state index is 12.4. The van der Waals surface area contributed by atoms with E-state index in [9.17, 15) is 14.7 Å². The average molecular weight is 1070 g/mol. The van der Waals surface area contributed by atoms with Crippen LogP contribution in [0.1, 0.15) is 386 Å². The normalized spacial score (nSPS) is 12.3. The van der Waals surface area contributed by atoms with Gasteiger partial charge < -0.3 is 14.6 Å². The Balaban J connectivity index is 3.38. The van der Waals surface area contributed by atoms with Crippen molar-refractivity contribution in [3.8, 4) is 0 Å². The van der Waals surface area contributed by atoms with E-state index in [2.05, 4.69) is 50.3 Å². The third-order valence-electron chi connectivity index (χ3n) is 15.9. The number of carbonyl (C=O) groups excluding carboxylic acids is 2. The van der Waals surface area contributed by atoms with Crippen LogP contribution in [-0.4, -0.2) is 36.4 Å². The number of aliphatic hydroxyl groups is 1. The monoisotopic (exact) mass is 1070 g/mol. The molecule has 0 fully saturated rings. The molecule has 0 rings (SSSR count). The SMILES string of the molecule is CCCCCCC/C=C\C/C=C\CCCCCCCCCCCCCCCCCC(=O)OC(CO)COC(=O)CCCCCCCCCCCCCCCCCCCCCCCCC/C=C\CCCCCCCCCC. The van der Waals surface area contributed by atoms with Crippen molar-refractivity contribution in [1.29, 1.82) is 0 Å². The number of unbranched alkanes of at least 4 members (excludes halogenated alkanes) is 51. The molecule has 1 N–H and O–H groups in total. The third-order valence-corrected chi connectivity index (χ3v) is 15.9. The van der Waals surface area contributed by atoms with E-state index in [1.54, 1.807) is 0 Å². The first kappa shape index (κ1) is 74.1. The Morgan fingerprint density at radius 2 is 0.526 bits per heavy atom. The Hall–Kier alpha value is -1.88. The molecule has 5 heteroatoms. The van der Waals surface area contributed by atoms with Crippen molar-refractivity contribution in [1.82, 2.24) is 0 Å². The Bertz CT molecular complexity index is 1210. The maximum atomic E-state index is 12.4. The highest BCUT2D eigenvalue weighted by molar-refractivity contribution is 5.70. The zero-order valence-corrected chi connectivity index (χ0v) is 51.5. The van der Waals surface area contributed by atoms with Crippen LogP contribution in [0, 0.1) is 0 Å². The van der Waals surface area contributed by atoms with Gasteiger partial charge in [0.15, 0.2) is 6.10 Å². The second-order valence-electron chi connectivity index (χ2n) is 23.6. The zero-order valence-electron chi connectivity index (χ0n) is 51.5. The largest absolute Gasteiger partial charge is 0.462 e. The van der Waals surface area contributed by atoms with E-state index in [0.29, 0.717) is 12.8 Å². The third kappa shape index (κ3) is 64.6. The van der Waals surface area contributed by atoms with Crippen LogP contribution in [0.5, 0.6) is 0 Å². The molecule has 0 bridgehead atoms. The van der Waals surface area contributed by atoms with Crippen LogP contribution in [0.3, 0.4) is 0 Å². The van der Waals surface area contributed by atoms with Gasteiger partial charge in [0.1, 0.15) is 6.61 Å². The molecule has 0 aromatic rings. The maximum Gasteiger partial charge on any atom is 0.306 e. The van der Waals surface area contributed by atoms with Gasteiger partial charge >= 0.3 is 11.9 Å². The van der Waals surface area contributed by atoms with Gasteiger partial charge in [-0.15, -0.1) is 0 Å². The molecule has 0 aliphatic carbocycles. The number of hydrogen-bond donors (Lipinski definition) is 1. The van der Waals surface area contributed by atoms with Crippen molar-refractivity contribution in [3.05, 3.63) is 36.5 Å². The van der Waals surface area contributed by atoms with E-state index in [1.165, 1.54) is 321 Å². The molecule has 0 radical (unpaired) electrons. The average Bonchev–Trinajstić information content (AvgIpc) is 3.42. The predicted molar refractivity (Wildman–Crippen MR) is 334 cm³/mol. The molecule has 0 saturated carbocycles. The fourth-order valence-electron chi connectivity index (χ4n) is 10.7. The Kier molecular flexibility index (Phi) is 65.7. The van der Waals surface area contributed by atoms with Gasteiger partial charge in [-0.2, -0.15) is 0 Å². The second kappa shape index (κ2) is 67.4. The molecule has 0 aliphatic heterocycles. The van der Waals surface area contributed by atoms with Crippen molar-refractivity contribution in [3.63, 3.8) is 0 Å². The topological polar surface area (TPSA) is 72.8 Å². The van der Waals surface area contributed by atoms with Crippen molar-refractivity contribution in [2.24, 2.45) is 0 Å². The summed E-state index contributed by atoms with van der Waals surface area (Å²) in [7, 11) is 0. The first-order valence-electron chi connectivity index (χ1n) is 34.5. The van der Waals surface area contributed by atoms with Crippen LogP contribution in [0.25, 0.3) is 0 Å². The summed E-state index contributed by atoms with van der Waals surface area (Å²) in [5.41, 5.74) is 0. The first-order valence-corrected chi connectivity index (χ1v) is 34.5. The fraction of sp³-hybridized carbons (Fsp3) is 0.887. The molecule has 1 atom stereocenters. The van der Waals surface area contributed by atoms with Crippen LogP contribution in [0.4, 0.5) is 0 Å². The summed E-state index contributed by atoms with van der Waals surface area (Å²) in [5, 5.41) is 9.69. The van der Waals surface area contributed by atoms with Gasteiger partial charge in [-0.1, -0.05) is 339 Å². The molecule has 0 spiro atoms. The lowest BCUT2D eigenvalue weighted by Gasteiger charge is -2.15. The van der Waals surface area contributed by atoms with Gasteiger partial charge in [0, 0.05) is 12.8 Å². The van der Waals surface area contributed by atoms with Gasteiger partial charge in [-0.25, -0.2) is 0 Å². The zero-order chi connectivity index (χ0) is 54.8. The number of carbonyl (C=O) groups is 2. The van der Waals surface area contributed by atoms with E-state index in [-0.39, 0.29) is 25.2 Å². The van der Waals surface area contributed by atoms with E-state index in [1.807, 2.05) is 0 Å². The molecule has 76 heavy (non-hydrogen) atoms. The molecule has 448 valence electrons. The highest BCUT2D eigenvalue weighted by atomic mass is 16.6. The molecule has 0 aliphatic rings. The smallest absolute Gasteiger partial charge is 0.306 e. The van der Waals surface area contributed by atoms with Crippen molar-refractivity contribution < 1.29 is 24.2 Å². The summed E-state index contributed by atoms with van der Waals surface area (Å²) in [6, 6.07) is 0. The molecule has 5 nitrogen and oxygen atoms in total. The van der Waals surface area contributed by atoms with Crippen LogP contribution < -0.4 is 0 Å². The summed E-state index contributed by atoms with van der Waals surface area (Å²) in [6.45, 7) is 4.19. The van der Waals surface area contributed by atoms with Crippen LogP contribution >= 0.6 is 0 Å². The number of allylic oxidation sites excluding steroid dienone is 6. The molecule has 0 aromatic carbocycles. The number of hydrogen-bond acceptors (Lipinski definition) is 5. The summed E-state index contributed by atoms with van der Waals surface area (Å²) >= 11 is 0. The first-order chi connectivity index (χ1) is 37.6. The lowest BCUT2D eigenvalue weighted by Crippen LogP contribution is -2.28. The molecule has 0 heterocycles. The molecular weight excluding hydrogens is 933 g/mol. The standard InChI is InChI=1S/C71H134O5/c1-3-5-7-9-11-13-15-17-19-21-23-25-27-29-31-32-33-34-35-36-37-38-40-41-43-45-47-49-51-53-55-57-59-61-63-65-70(73)75-68-69(67-72)76-71(74)66-64-62-60-58-56-54-52-50-48-46-44-42-39-30-28-26-24-22-20-18-16-14-12-10-8-6-4-2/h16,18,21-24,69,72H,3-15,17,19-20,25-68H2,1-2H3/b18-16-,23-21-,24-22-. The lowest BCUT2D eigenvalue weighted by molar-refractivity contribution is -0.161. The van der Waals surface area contributed by atoms with E-state index < -0.39 is 6.10 Å². The summed E-state index contributed by atoms with van der Waals surface area (Å²) in [4.78, 5) is 24.6. The Labute approximate surface area is 476 Å². The highest BCUT2D eigenvalue weighted by Crippen LogP contribution is 2.19. The predicted octanol–water partition coefficient (Wildman–Crippen LogP) is 23.8. The van der Waals surface area contributed by atoms with Crippen molar-refractivity contribution in [2.75, 3.05) is 13.2 Å². The molecule has 0 amide bonds. The minimum absolute atomic E-state index is 0.0599. The van der Waals surface area contributed by atoms with Gasteiger partial charge in [0.2, 0.25) is 0 Å². The number of rotatable bonds is 65. The van der Waals surface area contributed by atoms with Crippen molar-refractivity contribution >= 4 is 11.9 Å². The van der Waals surface area contributed by atoms with Gasteiger partial charge in [-0.3, -0.25) is 9.59 Å². The summed E-state index contributed by atoms with van der Waals surface area (Å²) < 4.78 is 10.8. The van der Waals surface area contributed by atoms with E-state index in [4.69, 9.17) is 9.47 Å². The number of aliphatic hydroxyl groups excluding tert-OH is 1. The summed E-state index contributed by atoms with van der Waals surface area (Å²) in [5.74, 6) is -0.568. The van der Waals surface area contributed by atoms with Gasteiger partial charge in [0.25, 0.3) is 0 Å². The van der Waals surface area contributed by atoms with Crippen LogP contribution in [0.15, 0.2) is 36.5 Å². The van der Waals surface area contributed by atoms with Crippen LogP contribution in [-0.2, 0) is 19.1 Å². The fourth-order valence-corrected chi connectivity index (χ4v) is 10.7.